The quantitative estimate of drug-likeness (QED) is 0.804. The first-order chi connectivity index (χ1) is 10.2. The van der Waals surface area contributed by atoms with Crippen LogP contribution < -0.4 is 4.74 Å². The minimum Gasteiger partial charge on any atom is -0.497 e. The van der Waals surface area contributed by atoms with Crippen molar-refractivity contribution in [2.45, 2.75) is 6.54 Å². The predicted molar refractivity (Wildman–Crippen MR) is 83.8 cm³/mol. The topological polar surface area (TPSA) is 47.3 Å². The van der Waals surface area contributed by atoms with E-state index in [2.05, 4.69) is 5.10 Å². The van der Waals surface area contributed by atoms with E-state index in [0.29, 0.717) is 11.6 Å². The van der Waals surface area contributed by atoms with Gasteiger partial charge >= 0.3 is 0 Å². The van der Waals surface area contributed by atoms with Crippen LogP contribution in [0, 0.1) is 0 Å². The zero-order valence-electron chi connectivity index (χ0n) is 11.6. The Morgan fingerprint density at radius 2 is 1.95 bits per heavy atom. The monoisotopic (exact) mass is 302 g/mol. The fraction of sp³-hybridized carbons (Fsp3) is 0.188. The van der Waals surface area contributed by atoms with Crippen molar-refractivity contribution in [2.24, 2.45) is 0 Å². The van der Waals surface area contributed by atoms with Crippen molar-refractivity contribution in [3.63, 3.8) is 0 Å². The van der Waals surface area contributed by atoms with Crippen molar-refractivity contribution in [1.82, 2.24) is 9.78 Å². The van der Waals surface area contributed by atoms with Gasteiger partial charge < -0.3 is 9.84 Å². The Kier molecular flexibility index (Phi) is 3.82. The van der Waals surface area contributed by atoms with Gasteiger partial charge in [0.1, 0.15) is 11.4 Å². The van der Waals surface area contributed by atoms with Crippen LogP contribution in [0.3, 0.4) is 0 Å². The maximum absolute atomic E-state index is 9.20. The van der Waals surface area contributed by atoms with E-state index in [0.717, 1.165) is 27.9 Å². The van der Waals surface area contributed by atoms with E-state index < -0.39 is 0 Å². The number of para-hydroxylation sites is 1. The lowest BCUT2D eigenvalue weighted by Gasteiger charge is -2.01. The van der Waals surface area contributed by atoms with Crippen molar-refractivity contribution in [3.8, 4) is 17.0 Å². The maximum atomic E-state index is 9.20. The largest absolute Gasteiger partial charge is 0.497 e. The van der Waals surface area contributed by atoms with Crippen molar-refractivity contribution in [1.29, 1.82) is 0 Å². The number of aliphatic hydroxyl groups excluding tert-OH is 1. The third-order valence-electron chi connectivity index (χ3n) is 3.40. The molecule has 3 rings (SSSR count). The molecule has 1 aromatic heterocycles. The maximum Gasteiger partial charge on any atom is 0.118 e. The first-order valence-corrected chi connectivity index (χ1v) is 7.02. The van der Waals surface area contributed by atoms with Crippen molar-refractivity contribution in [3.05, 3.63) is 47.5 Å². The number of rotatable bonds is 4. The molecule has 0 aliphatic carbocycles. The lowest BCUT2D eigenvalue weighted by molar-refractivity contribution is 0.272. The van der Waals surface area contributed by atoms with Gasteiger partial charge in [0.25, 0.3) is 0 Å². The Balaban J connectivity index is 2.19. The second-order valence-corrected chi connectivity index (χ2v) is 5.07. The van der Waals surface area contributed by atoms with Gasteiger partial charge in [-0.15, -0.1) is 0 Å². The van der Waals surface area contributed by atoms with Gasteiger partial charge in [-0.3, -0.25) is 4.68 Å². The summed E-state index contributed by atoms with van der Waals surface area (Å²) in [7, 11) is 1.64. The Hall–Kier alpha value is -2.04. The molecule has 0 aliphatic heterocycles. The molecule has 0 fully saturated rings. The van der Waals surface area contributed by atoms with Crippen LogP contribution in [0.15, 0.2) is 42.5 Å². The van der Waals surface area contributed by atoms with Crippen LogP contribution >= 0.6 is 11.6 Å². The normalized spacial score (nSPS) is 11.0. The number of hydrogen-bond donors (Lipinski definition) is 1. The molecule has 0 saturated heterocycles. The first-order valence-electron chi connectivity index (χ1n) is 6.65. The number of halogens is 1. The Bertz CT molecular complexity index is 766. The van der Waals surface area contributed by atoms with Crippen LogP contribution in [0.25, 0.3) is 22.2 Å². The third-order valence-corrected chi connectivity index (χ3v) is 3.70. The van der Waals surface area contributed by atoms with Crippen molar-refractivity contribution < 1.29 is 9.84 Å². The fourth-order valence-electron chi connectivity index (χ4n) is 2.41. The van der Waals surface area contributed by atoms with Crippen LogP contribution in [0.2, 0.25) is 5.02 Å². The van der Waals surface area contributed by atoms with Crippen LogP contribution in [-0.4, -0.2) is 28.6 Å². The average Bonchev–Trinajstić information content (AvgIpc) is 2.88. The highest BCUT2D eigenvalue weighted by molar-refractivity contribution is 6.35. The smallest absolute Gasteiger partial charge is 0.118 e. The Morgan fingerprint density at radius 1 is 1.19 bits per heavy atom. The van der Waals surface area contributed by atoms with Gasteiger partial charge in [0.05, 0.1) is 30.8 Å². The molecule has 3 aromatic rings. The van der Waals surface area contributed by atoms with E-state index in [1.165, 1.54) is 0 Å². The minimum absolute atomic E-state index is 0.0179. The summed E-state index contributed by atoms with van der Waals surface area (Å²) in [6, 6.07) is 13.4. The lowest BCUT2D eigenvalue weighted by atomic mass is 10.1. The van der Waals surface area contributed by atoms with Crippen LogP contribution in [0.1, 0.15) is 0 Å². The molecule has 0 radical (unpaired) electrons. The number of hydrogen-bond acceptors (Lipinski definition) is 3. The van der Waals surface area contributed by atoms with E-state index in [1.807, 2.05) is 42.5 Å². The number of aliphatic hydroxyl groups is 1. The molecule has 108 valence electrons. The number of aromatic nitrogens is 2. The van der Waals surface area contributed by atoms with Gasteiger partial charge in [-0.25, -0.2) is 0 Å². The van der Waals surface area contributed by atoms with Gasteiger partial charge in [0, 0.05) is 10.9 Å². The SMILES string of the molecule is COc1ccc(-c2nn(CCO)c3c(Cl)cccc23)cc1. The molecule has 0 atom stereocenters. The molecule has 21 heavy (non-hydrogen) atoms. The summed E-state index contributed by atoms with van der Waals surface area (Å²) in [6.45, 7) is 0.431. The molecular weight excluding hydrogens is 288 g/mol. The molecule has 0 unspecified atom stereocenters. The van der Waals surface area contributed by atoms with Gasteiger partial charge in [-0.2, -0.15) is 5.10 Å². The summed E-state index contributed by atoms with van der Waals surface area (Å²) >= 11 is 6.28. The lowest BCUT2D eigenvalue weighted by Crippen LogP contribution is -2.03. The fourth-order valence-corrected chi connectivity index (χ4v) is 2.68. The summed E-state index contributed by atoms with van der Waals surface area (Å²) in [4.78, 5) is 0. The molecule has 1 N–H and O–H groups in total. The Labute approximate surface area is 127 Å². The molecule has 1 heterocycles. The molecule has 5 heteroatoms. The van der Waals surface area contributed by atoms with E-state index in [4.69, 9.17) is 16.3 Å². The summed E-state index contributed by atoms with van der Waals surface area (Å²) in [5.41, 5.74) is 2.68. The second kappa shape index (κ2) is 5.76. The second-order valence-electron chi connectivity index (χ2n) is 4.66. The number of methoxy groups -OCH3 is 1. The highest BCUT2D eigenvalue weighted by atomic mass is 35.5. The van der Waals surface area contributed by atoms with Gasteiger partial charge in [0.2, 0.25) is 0 Å². The summed E-state index contributed by atoms with van der Waals surface area (Å²) in [5, 5.41) is 15.4. The van der Waals surface area contributed by atoms with Gasteiger partial charge in [0.15, 0.2) is 0 Å². The highest BCUT2D eigenvalue weighted by Crippen LogP contribution is 2.32. The molecule has 0 amide bonds. The van der Waals surface area contributed by atoms with E-state index in [9.17, 15) is 5.11 Å². The Morgan fingerprint density at radius 3 is 2.62 bits per heavy atom. The zero-order valence-corrected chi connectivity index (χ0v) is 12.3. The molecule has 2 aromatic carbocycles. The van der Waals surface area contributed by atoms with Crippen molar-refractivity contribution in [2.75, 3.05) is 13.7 Å². The standard InChI is InChI=1S/C16H15ClN2O2/c1-21-12-7-5-11(6-8-12)15-13-3-2-4-14(17)16(13)19(18-15)9-10-20/h2-8,20H,9-10H2,1H3. The molecule has 4 nitrogen and oxygen atoms in total. The number of ether oxygens (including phenoxy) is 1. The number of benzene rings is 2. The average molecular weight is 303 g/mol. The molecule has 0 aliphatic rings. The van der Waals surface area contributed by atoms with E-state index in [-0.39, 0.29) is 6.61 Å². The summed E-state index contributed by atoms with van der Waals surface area (Å²) in [6.07, 6.45) is 0. The number of fused-ring (bicyclic) bond motifs is 1. The zero-order chi connectivity index (χ0) is 14.8. The predicted octanol–water partition coefficient (Wildman–Crippen LogP) is 3.36. The van der Waals surface area contributed by atoms with Crippen LogP contribution in [-0.2, 0) is 6.54 Å². The van der Waals surface area contributed by atoms with Crippen molar-refractivity contribution >= 4 is 22.5 Å². The molecule has 0 bridgehead atoms. The summed E-state index contributed by atoms with van der Waals surface area (Å²) < 4.78 is 6.92. The minimum atomic E-state index is 0.0179. The van der Waals surface area contributed by atoms with Gasteiger partial charge in [-0.05, 0) is 30.3 Å². The first kappa shape index (κ1) is 13.9. The molecular formula is C16H15ClN2O2. The number of nitrogens with zero attached hydrogens (tertiary/aromatic N) is 2. The molecule has 0 saturated carbocycles. The summed E-state index contributed by atoms with van der Waals surface area (Å²) in [5.74, 6) is 0.802. The van der Waals surface area contributed by atoms with Crippen LogP contribution in [0.4, 0.5) is 0 Å². The van der Waals surface area contributed by atoms with E-state index >= 15 is 0 Å². The third kappa shape index (κ3) is 2.48. The highest BCUT2D eigenvalue weighted by Gasteiger charge is 2.14. The van der Waals surface area contributed by atoms with Crippen LogP contribution in [0.5, 0.6) is 5.75 Å². The van der Waals surface area contributed by atoms with Gasteiger partial charge in [-0.1, -0.05) is 23.7 Å². The van der Waals surface area contributed by atoms with E-state index in [1.54, 1.807) is 11.8 Å². The molecule has 0 spiro atoms.